The minimum absolute atomic E-state index is 0.304. The number of rotatable bonds is 7. The van der Waals surface area contributed by atoms with Gasteiger partial charge in [0.2, 0.25) is 0 Å². The Kier molecular flexibility index (Phi) is 7.62. The summed E-state index contributed by atoms with van der Waals surface area (Å²) in [6, 6.07) is 8.37. The van der Waals surface area contributed by atoms with Crippen LogP contribution in [0.2, 0.25) is 0 Å². The lowest BCUT2D eigenvalue weighted by Gasteiger charge is -2.26. The molecular weight excluding hydrogens is 332 g/mol. The topological polar surface area (TPSA) is 18.5 Å². The Labute approximate surface area is 165 Å². The summed E-state index contributed by atoms with van der Waals surface area (Å²) < 4.78 is 12.8. The molecule has 0 bridgehead atoms. The maximum atomic E-state index is 6.44. The van der Waals surface area contributed by atoms with Gasteiger partial charge in [-0.1, -0.05) is 49.8 Å². The molecule has 0 saturated heterocycles. The van der Waals surface area contributed by atoms with Crippen LogP contribution in [0.3, 0.4) is 0 Å². The minimum Gasteiger partial charge on any atom is -0.490 e. The predicted octanol–water partition coefficient (Wildman–Crippen LogP) is 7.22. The lowest BCUT2D eigenvalue weighted by molar-refractivity contribution is 0.0912. The monoisotopic (exact) mass is 366 g/mol. The molecule has 2 aliphatic rings. The van der Waals surface area contributed by atoms with Gasteiger partial charge < -0.3 is 9.47 Å². The first kappa shape index (κ1) is 19.8. The van der Waals surface area contributed by atoms with Crippen LogP contribution in [0.4, 0.5) is 0 Å². The van der Waals surface area contributed by atoms with E-state index >= 15 is 0 Å². The van der Waals surface area contributed by atoms with Crippen LogP contribution in [0, 0.1) is 0 Å². The average molecular weight is 367 g/mol. The average Bonchev–Trinajstić information content (AvgIpc) is 2.73. The van der Waals surface area contributed by atoms with Crippen molar-refractivity contribution >= 4 is 5.57 Å². The lowest BCUT2D eigenvalue weighted by atomic mass is 9.96. The molecule has 146 valence electrons. The number of hydrogen-bond acceptors (Lipinski definition) is 2. The zero-order chi connectivity index (χ0) is 18.9. The number of ether oxygens (including phenoxy) is 2. The van der Waals surface area contributed by atoms with Gasteiger partial charge >= 0.3 is 0 Å². The Balaban J connectivity index is 1.89. The molecule has 2 nitrogen and oxygen atoms in total. The predicted molar refractivity (Wildman–Crippen MR) is 114 cm³/mol. The second-order valence-corrected chi connectivity index (χ2v) is 7.73. The summed E-state index contributed by atoms with van der Waals surface area (Å²) in [6.07, 6.45) is 19.0. The molecule has 0 N–H and O–H groups in total. The number of para-hydroxylation sites is 1. The molecule has 0 aromatic heterocycles. The van der Waals surface area contributed by atoms with Gasteiger partial charge in [-0.05, 0) is 70.4 Å². The molecule has 0 amide bonds. The zero-order valence-corrected chi connectivity index (χ0v) is 16.8. The Hall–Kier alpha value is -1.96. The summed E-state index contributed by atoms with van der Waals surface area (Å²) in [5, 5.41) is 0. The smallest absolute Gasteiger partial charge is 0.127 e. The maximum absolute atomic E-state index is 6.44. The first-order valence-electron chi connectivity index (χ1n) is 10.7. The summed E-state index contributed by atoms with van der Waals surface area (Å²) >= 11 is 0. The standard InChI is InChI=1S/C25H34O2/c1-3-13-22(24(4-2)26-20-14-7-5-8-15-20)23-18-11-12-19-25(23)27-21-16-9-6-10-17-21/h3-4,11-13,18-21H,2,5-10,14-17H2,1H3/b13-3-,24-22-. The Morgan fingerprint density at radius 3 is 2.19 bits per heavy atom. The molecule has 0 aliphatic heterocycles. The molecule has 2 fully saturated rings. The maximum Gasteiger partial charge on any atom is 0.127 e. The normalized spacial score (nSPS) is 20.3. The van der Waals surface area contributed by atoms with E-state index < -0.39 is 0 Å². The molecule has 2 aliphatic carbocycles. The van der Waals surface area contributed by atoms with Crippen molar-refractivity contribution in [1.29, 1.82) is 0 Å². The molecule has 2 saturated carbocycles. The molecule has 0 atom stereocenters. The largest absolute Gasteiger partial charge is 0.490 e. The van der Waals surface area contributed by atoms with Crippen molar-refractivity contribution in [2.24, 2.45) is 0 Å². The van der Waals surface area contributed by atoms with Crippen molar-refractivity contribution in [2.45, 2.75) is 83.3 Å². The molecule has 0 heterocycles. The third kappa shape index (κ3) is 5.51. The highest BCUT2D eigenvalue weighted by molar-refractivity contribution is 5.80. The summed E-state index contributed by atoms with van der Waals surface area (Å²) in [6.45, 7) is 6.09. The summed E-state index contributed by atoms with van der Waals surface area (Å²) in [7, 11) is 0. The van der Waals surface area contributed by atoms with Gasteiger partial charge in [0.05, 0.1) is 12.2 Å². The highest BCUT2D eigenvalue weighted by atomic mass is 16.5. The van der Waals surface area contributed by atoms with E-state index in [1.807, 2.05) is 13.0 Å². The summed E-state index contributed by atoms with van der Waals surface area (Å²) in [4.78, 5) is 0. The Morgan fingerprint density at radius 2 is 1.56 bits per heavy atom. The number of hydrogen-bond donors (Lipinski definition) is 0. The molecular formula is C25H34O2. The Morgan fingerprint density at radius 1 is 0.926 bits per heavy atom. The van der Waals surface area contributed by atoms with Crippen molar-refractivity contribution in [3.05, 3.63) is 60.4 Å². The van der Waals surface area contributed by atoms with E-state index in [0.717, 1.165) is 48.3 Å². The van der Waals surface area contributed by atoms with Gasteiger partial charge in [0.15, 0.2) is 0 Å². The van der Waals surface area contributed by atoms with Crippen LogP contribution in [0.5, 0.6) is 5.75 Å². The molecule has 0 radical (unpaired) electrons. The quantitative estimate of drug-likeness (QED) is 0.374. The van der Waals surface area contributed by atoms with E-state index in [9.17, 15) is 0 Å². The van der Waals surface area contributed by atoms with E-state index in [1.165, 1.54) is 38.5 Å². The molecule has 0 spiro atoms. The van der Waals surface area contributed by atoms with Crippen LogP contribution < -0.4 is 4.74 Å². The van der Waals surface area contributed by atoms with E-state index in [2.05, 4.69) is 43.0 Å². The summed E-state index contributed by atoms with van der Waals surface area (Å²) in [5.41, 5.74) is 2.18. The second kappa shape index (κ2) is 10.4. The number of benzene rings is 1. The fourth-order valence-electron chi connectivity index (χ4n) is 4.21. The van der Waals surface area contributed by atoms with Gasteiger partial charge in [0, 0.05) is 11.1 Å². The van der Waals surface area contributed by atoms with Crippen LogP contribution >= 0.6 is 0 Å². The van der Waals surface area contributed by atoms with Gasteiger partial charge in [-0.2, -0.15) is 0 Å². The van der Waals surface area contributed by atoms with Gasteiger partial charge in [-0.25, -0.2) is 0 Å². The van der Waals surface area contributed by atoms with E-state index in [0.29, 0.717) is 12.2 Å². The van der Waals surface area contributed by atoms with E-state index in [-0.39, 0.29) is 0 Å². The van der Waals surface area contributed by atoms with Crippen LogP contribution in [-0.4, -0.2) is 12.2 Å². The van der Waals surface area contributed by atoms with Crippen LogP contribution in [0.15, 0.2) is 54.8 Å². The molecule has 1 aromatic rings. The minimum atomic E-state index is 0.304. The highest BCUT2D eigenvalue weighted by Crippen LogP contribution is 2.34. The third-order valence-electron chi connectivity index (χ3n) is 5.65. The van der Waals surface area contributed by atoms with Gasteiger partial charge in [-0.3, -0.25) is 0 Å². The lowest BCUT2D eigenvalue weighted by Crippen LogP contribution is -2.20. The van der Waals surface area contributed by atoms with Gasteiger partial charge in [-0.15, -0.1) is 0 Å². The molecule has 27 heavy (non-hydrogen) atoms. The molecule has 2 heteroatoms. The third-order valence-corrected chi connectivity index (χ3v) is 5.65. The van der Waals surface area contributed by atoms with Crippen molar-refractivity contribution < 1.29 is 9.47 Å². The fourth-order valence-corrected chi connectivity index (χ4v) is 4.21. The first-order chi connectivity index (χ1) is 13.3. The molecule has 0 unspecified atom stereocenters. The fraction of sp³-hybridized carbons (Fsp3) is 0.520. The SMILES string of the molecule is C=C/C(OC1CCCCC1)=C(\C=C/C)c1ccccc1OC1CCCCC1. The Bertz CT molecular complexity index is 659. The molecule has 3 rings (SSSR count). The van der Waals surface area contributed by atoms with Crippen molar-refractivity contribution in [3.8, 4) is 5.75 Å². The first-order valence-corrected chi connectivity index (χ1v) is 10.7. The molecule has 1 aromatic carbocycles. The van der Waals surface area contributed by atoms with E-state index in [4.69, 9.17) is 9.47 Å². The van der Waals surface area contributed by atoms with Crippen molar-refractivity contribution in [3.63, 3.8) is 0 Å². The van der Waals surface area contributed by atoms with Crippen LogP contribution in [0.1, 0.15) is 76.7 Å². The highest BCUT2D eigenvalue weighted by Gasteiger charge is 2.20. The second-order valence-electron chi connectivity index (χ2n) is 7.73. The number of allylic oxidation sites excluding steroid dienone is 4. The van der Waals surface area contributed by atoms with Gasteiger partial charge in [0.1, 0.15) is 11.5 Å². The van der Waals surface area contributed by atoms with E-state index in [1.54, 1.807) is 0 Å². The van der Waals surface area contributed by atoms with Gasteiger partial charge in [0.25, 0.3) is 0 Å². The van der Waals surface area contributed by atoms with Crippen molar-refractivity contribution in [2.75, 3.05) is 0 Å². The van der Waals surface area contributed by atoms with Crippen LogP contribution in [-0.2, 0) is 4.74 Å². The van der Waals surface area contributed by atoms with Crippen molar-refractivity contribution in [1.82, 2.24) is 0 Å². The van der Waals surface area contributed by atoms with Crippen LogP contribution in [0.25, 0.3) is 5.57 Å². The zero-order valence-electron chi connectivity index (χ0n) is 16.8. The summed E-state index contributed by atoms with van der Waals surface area (Å²) in [5.74, 6) is 1.84.